The third kappa shape index (κ3) is 3.95. The van der Waals surface area contributed by atoms with Crippen molar-refractivity contribution in [3.05, 3.63) is 0 Å². The zero-order valence-electron chi connectivity index (χ0n) is 11.8. The molecule has 0 aromatic heterocycles. The highest BCUT2D eigenvalue weighted by atomic mass is 16.5. The van der Waals surface area contributed by atoms with Gasteiger partial charge in [-0.1, -0.05) is 5.92 Å². The molecule has 0 spiro atoms. The number of amides is 1. The molecule has 0 saturated carbocycles. The zero-order chi connectivity index (χ0) is 14.4. The van der Waals surface area contributed by atoms with Gasteiger partial charge in [0.1, 0.15) is 0 Å². The Kier molecular flexibility index (Phi) is 5.39. The van der Waals surface area contributed by atoms with Gasteiger partial charge in [-0.3, -0.25) is 14.5 Å². The second kappa shape index (κ2) is 7.27. The quantitative estimate of drug-likeness (QED) is 0.497. The maximum absolute atomic E-state index is 11.9. The lowest BCUT2D eigenvalue weighted by Crippen LogP contribution is -2.36. The molecule has 1 amide bonds. The van der Waals surface area contributed by atoms with Crippen molar-refractivity contribution in [3.8, 4) is 11.8 Å². The summed E-state index contributed by atoms with van der Waals surface area (Å²) in [4.78, 5) is 27.1. The fraction of sp³-hybridized carbons (Fsp3) is 0.714. The fourth-order valence-corrected chi connectivity index (χ4v) is 2.37. The van der Waals surface area contributed by atoms with Gasteiger partial charge >= 0.3 is 5.97 Å². The lowest BCUT2D eigenvalue weighted by Gasteiger charge is -2.24. The third-order valence-corrected chi connectivity index (χ3v) is 3.61. The summed E-state index contributed by atoms with van der Waals surface area (Å²) in [6.45, 7) is 4.74. The number of rotatable bonds is 2. The predicted octanol–water partition coefficient (Wildman–Crippen LogP) is -0.656. The van der Waals surface area contributed by atoms with Gasteiger partial charge in [0.25, 0.3) is 5.91 Å². The fourth-order valence-electron chi connectivity index (χ4n) is 2.37. The largest absolute Gasteiger partial charge is 0.469 e. The van der Waals surface area contributed by atoms with Crippen molar-refractivity contribution in [2.75, 3.05) is 53.0 Å². The first kappa shape index (κ1) is 14.8. The van der Waals surface area contributed by atoms with Crippen LogP contribution in [0.4, 0.5) is 0 Å². The average molecular weight is 280 g/mol. The van der Waals surface area contributed by atoms with E-state index in [2.05, 4.69) is 16.7 Å². The number of hydrogen-bond acceptors (Lipinski definition) is 5. The minimum Gasteiger partial charge on any atom is -0.469 e. The standard InChI is InChI=1S/C14H20N2O4/c1-19-14(18)12-4-6-16(11-12)13(17)3-2-5-15-7-9-20-10-8-15/h12H,4-11H2,1H3/t12-/m0/s1. The first-order valence-corrected chi connectivity index (χ1v) is 6.86. The van der Waals surface area contributed by atoms with Crippen LogP contribution in [-0.2, 0) is 19.1 Å². The molecule has 2 aliphatic rings. The molecule has 0 aliphatic carbocycles. The summed E-state index contributed by atoms with van der Waals surface area (Å²) in [7, 11) is 1.37. The van der Waals surface area contributed by atoms with Crippen molar-refractivity contribution in [2.45, 2.75) is 6.42 Å². The number of morpholine rings is 1. The average Bonchev–Trinajstić information content (AvgIpc) is 2.97. The maximum atomic E-state index is 11.9. The van der Waals surface area contributed by atoms with Crippen molar-refractivity contribution in [1.82, 2.24) is 9.80 Å². The number of nitrogens with zero attached hydrogens (tertiary/aromatic N) is 2. The van der Waals surface area contributed by atoms with E-state index in [1.54, 1.807) is 4.90 Å². The van der Waals surface area contributed by atoms with Crippen molar-refractivity contribution < 1.29 is 19.1 Å². The summed E-state index contributed by atoms with van der Waals surface area (Å²) in [6.07, 6.45) is 0.656. The molecule has 2 heterocycles. The summed E-state index contributed by atoms with van der Waals surface area (Å²) in [5.41, 5.74) is 0. The second-order valence-electron chi connectivity index (χ2n) is 4.95. The molecule has 0 N–H and O–H groups in total. The van der Waals surface area contributed by atoms with Gasteiger partial charge in [-0.05, 0) is 12.3 Å². The number of likely N-dealkylation sites (tertiary alicyclic amines) is 1. The van der Waals surface area contributed by atoms with Crippen LogP contribution in [0.2, 0.25) is 0 Å². The molecule has 0 unspecified atom stereocenters. The van der Waals surface area contributed by atoms with Crippen molar-refractivity contribution >= 4 is 11.9 Å². The van der Waals surface area contributed by atoms with Crippen LogP contribution >= 0.6 is 0 Å². The Morgan fingerprint density at radius 1 is 1.30 bits per heavy atom. The molecular formula is C14H20N2O4. The number of esters is 1. The number of methoxy groups -OCH3 is 1. The maximum Gasteiger partial charge on any atom is 0.310 e. The van der Waals surface area contributed by atoms with Crippen LogP contribution in [0.25, 0.3) is 0 Å². The van der Waals surface area contributed by atoms with Gasteiger partial charge in [-0.2, -0.15) is 0 Å². The molecule has 2 fully saturated rings. The lowest BCUT2D eigenvalue weighted by molar-refractivity contribution is -0.145. The van der Waals surface area contributed by atoms with Crippen LogP contribution in [0.1, 0.15) is 6.42 Å². The van der Waals surface area contributed by atoms with E-state index in [0.717, 1.165) is 26.3 Å². The smallest absolute Gasteiger partial charge is 0.310 e. The van der Waals surface area contributed by atoms with Gasteiger partial charge in [-0.15, -0.1) is 0 Å². The molecule has 6 heteroatoms. The van der Waals surface area contributed by atoms with Crippen LogP contribution < -0.4 is 0 Å². The Balaban J connectivity index is 1.76. The van der Waals surface area contributed by atoms with E-state index in [1.165, 1.54) is 7.11 Å². The van der Waals surface area contributed by atoms with Crippen LogP contribution in [0.5, 0.6) is 0 Å². The van der Waals surface area contributed by atoms with Gasteiger partial charge in [0, 0.05) is 26.2 Å². The molecule has 6 nitrogen and oxygen atoms in total. The highest BCUT2D eigenvalue weighted by Crippen LogP contribution is 2.17. The minimum absolute atomic E-state index is 0.204. The molecule has 0 bridgehead atoms. The Morgan fingerprint density at radius 2 is 2.05 bits per heavy atom. The number of ether oxygens (including phenoxy) is 2. The molecule has 1 atom stereocenters. The highest BCUT2D eigenvalue weighted by Gasteiger charge is 2.31. The van der Waals surface area contributed by atoms with Crippen LogP contribution in [0.15, 0.2) is 0 Å². The first-order chi connectivity index (χ1) is 9.70. The summed E-state index contributed by atoms with van der Waals surface area (Å²) >= 11 is 0. The van der Waals surface area contributed by atoms with Crippen LogP contribution in [-0.4, -0.2) is 74.7 Å². The van der Waals surface area contributed by atoms with Gasteiger partial charge < -0.3 is 14.4 Å². The summed E-state index contributed by atoms with van der Waals surface area (Å²) < 4.78 is 9.94. The first-order valence-electron chi connectivity index (χ1n) is 6.86. The predicted molar refractivity (Wildman–Crippen MR) is 71.7 cm³/mol. The van der Waals surface area contributed by atoms with E-state index in [1.807, 2.05) is 0 Å². The number of carbonyl (C=O) groups is 2. The van der Waals surface area contributed by atoms with E-state index < -0.39 is 0 Å². The summed E-state index contributed by atoms with van der Waals surface area (Å²) in [6, 6.07) is 0. The summed E-state index contributed by atoms with van der Waals surface area (Å²) in [5.74, 6) is 4.90. The Morgan fingerprint density at radius 3 is 2.75 bits per heavy atom. The SMILES string of the molecule is COC(=O)[C@H]1CCN(C(=O)C#CCN2CCOCC2)C1. The van der Waals surface area contributed by atoms with E-state index in [9.17, 15) is 9.59 Å². The van der Waals surface area contributed by atoms with Crippen molar-refractivity contribution in [3.63, 3.8) is 0 Å². The van der Waals surface area contributed by atoms with Crippen LogP contribution in [0, 0.1) is 17.8 Å². The molecule has 0 radical (unpaired) electrons. The lowest BCUT2D eigenvalue weighted by atomic mass is 10.1. The normalized spacial score (nSPS) is 23.1. The molecule has 2 rings (SSSR count). The molecule has 2 saturated heterocycles. The van der Waals surface area contributed by atoms with E-state index in [-0.39, 0.29) is 17.8 Å². The van der Waals surface area contributed by atoms with E-state index >= 15 is 0 Å². The highest BCUT2D eigenvalue weighted by molar-refractivity contribution is 5.94. The molecule has 2 aliphatic heterocycles. The number of hydrogen-bond donors (Lipinski definition) is 0. The van der Waals surface area contributed by atoms with Gasteiger partial charge in [-0.25, -0.2) is 0 Å². The molecule has 20 heavy (non-hydrogen) atoms. The molecule has 110 valence electrons. The van der Waals surface area contributed by atoms with E-state index in [0.29, 0.717) is 26.1 Å². The van der Waals surface area contributed by atoms with Crippen molar-refractivity contribution in [2.24, 2.45) is 5.92 Å². The third-order valence-electron chi connectivity index (χ3n) is 3.61. The molecule has 0 aromatic carbocycles. The molecule has 0 aromatic rings. The Bertz CT molecular complexity index is 421. The topological polar surface area (TPSA) is 59.1 Å². The summed E-state index contributed by atoms with van der Waals surface area (Å²) in [5, 5.41) is 0. The van der Waals surface area contributed by atoms with Crippen molar-refractivity contribution in [1.29, 1.82) is 0 Å². The van der Waals surface area contributed by atoms with Gasteiger partial charge in [0.15, 0.2) is 0 Å². The Hall–Kier alpha value is -1.58. The minimum atomic E-state index is -0.249. The van der Waals surface area contributed by atoms with E-state index in [4.69, 9.17) is 9.47 Å². The van der Waals surface area contributed by atoms with Gasteiger partial charge in [0.2, 0.25) is 0 Å². The van der Waals surface area contributed by atoms with Crippen LogP contribution in [0.3, 0.4) is 0 Å². The Labute approximate surface area is 119 Å². The monoisotopic (exact) mass is 280 g/mol. The second-order valence-corrected chi connectivity index (χ2v) is 4.95. The zero-order valence-corrected chi connectivity index (χ0v) is 11.8. The van der Waals surface area contributed by atoms with Gasteiger partial charge in [0.05, 0.1) is 32.8 Å². The molecular weight excluding hydrogens is 260 g/mol. The number of carbonyl (C=O) groups excluding carboxylic acids is 2.